The zero-order chi connectivity index (χ0) is 18.1. The highest BCUT2D eigenvalue weighted by molar-refractivity contribution is 5.74. The van der Waals surface area contributed by atoms with E-state index in [1.165, 1.54) is 0 Å². The lowest BCUT2D eigenvalue weighted by Gasteiger charge is -2.13. The lowest BCUT2D eigenvalue weighted by molar-refractivity contribution is 0.247. The van der Waals surface area contributed by atoms with Crippen LogP contribution in [0.25, 0.3) is 5.69 Å². The van der Waals surface area contributed by atoms with Crippen LogP contribution in [0.4, 0.5) is 4.79 Å². The summed E-state index contributed by atoms with van der Waals surface area (Å²) in [4.78, 5) is 15.9. The second kappa shape index (κ2) is 9.61. The summed E-state index contributed by atoms with van der Waals surface area (Å²) in [7, 11) is 0. The van der Waals surface area contributed by atoms with Gasteiger partial charge in [0.05, 0.1) is 23.8 Å². The van der Waals surface area contributed by atoms with Crippen molar-refractivity contribution < 1.29 is 9.53 Å². The van der Waals surface area contributed by atoms with Crippen LogP contribution in [-0.4, -0.2) is 29.0 Å². The van der Waals surface area contributed by atoms with Crippen molar-refractivity contribution in [1.82, 2.24) is 15.1 Å². The number of amides is 2. The van der Waals surface area contributed by atoms with Gasteiger partial charge in [0.1, 0.15) is 0 Å². The predicted octanol–water partition coefficient (Wildman–Crippen LogP) is 3.32. The quantitative estimate of drug-likeness (QED) is 0.785. The molecule has 6 heteroatoms. The molecule has 0 aliphatic rings. The fourth-order valence-electron chi connectivity index (χ4n) is 2.10. The Balaban J connectivity index is 2.28. The molecule has 0 saturated heterocycles. The molecule has 0 aliphatic heterocycles. The van der Waals surface area contributed by atoms with Gasteiger partial charge in [0.15, 0.2) is 0 Å². The molecule has 0 radical (unpaired) electrons. The molecule has 1 heterocycles. The van der Waals surface area contributed by atoms with Crippen molar-refractivity contribution in [2.24, 2.45) is 10.9 Å². The van der Waals surface area contributed by atoms with Gasteiger partial charge in [-0.25, -0.2) is 9.48 Å². The van der Waals surface area contributed by atoms with Crippen molar-refractivity contribution in [3.8, 4) is 11.6 Å². The van der Waals surface area contributed by atoms with E-state index in [0.717, 1.165) is 18.5 Å². The summed E-state index contributed by atoms with van der Waals surface area (Å²) in [5.74, 6) is 0.943. The van der Waals surface area contributed by atoms with Crippen LogP contribution in [-0.2, 0) is 0 Å². The molecule has 0 fully saturated rings. The van der Waals surface area contributed by atoms with Crippen molar-refractivity contribution in [3.63, 3.8) is 0 Å². The van der Waals surface area contributed by atoms with Crippen molar-refractivity contribution in [1.29, 1.82) is 0 Å². The molecule has 1 aromatic carbocycles. The zero-order valence-corrected chi connectivity index (χ0v) is 15.1. The van der Waals surface area contributed by atoms with E-state index in [-0.39, 0.29) is 6.03 Å². The molecule has 0 aliphatic carbocycles. The topological polar surface area (TPSA) is 68.5 Å². The van der Waals surface area contributed by atoms with E-state index >= 15 is 0 Å². The lowest BCUT2D eigenvalue weighted by Crippen LogP contribution is -2.26. The van der Waals surface area contributed by atoms with Crippen molar-refractivity contribution in [2.75, 3.05) is 13.2 Å². The first-order chi connectivity index (χ1) is 12.1. The Bertz CT molecular complexity index is 739. The Kier molecular flexibility index (Phi) is 7.19. The minimum absolute atomic E-state index is 0.368. The lowest BCUT2D eigenvalue weighted by atomic mass is 10.2. The van der Waals surface area contributed by atoms with Gasteiger partial charge in [-0.2, -0.15) is 10.1 Å². The highest BCUT2D eigenvalue weighted by Crippen LogP contribution is 2.14. The average Bonchev–Trinajstić information content (AvgIpc) is 2.61. The smallest absolute Gasteiger partial charge is 0.341 e. The highest BCUT2D eigenvalue weighted by Gasteiger charge is 2.06. The molecule has 0 bridgehead atoms. The zero-order valence-electron chi connectivity index (χ0n) is 15.1. The van der Waals surface area contributed by atoms with Crippen LogP contribution in [0, 0.1) is 5.92 Å². The van der Waals surface area contributed by atoms with Gasteiger partial charge < -0.3 is 10.1 Å². The van der Waals surface area contributed by atoms with Gasteiger partial charge in [0.2, 0.25) is 5.88 Å². The number of hydrogen-bond donors (Lipinski definition) is 1. The third-order valence-corrected chi connectivity index (χ3v) is 3.43. The Hall–Kier alpha value is -2.63. The second-order valence-electron chi connectivity index (χ2n) is 6.19. The second-order valence-corrected chi connectivity index (χ2v) is 6.19. The fraction of sp³-hybridized carbons (Fsp3) is 0.421. The minimum atomic E-state index is -0.368. The highest BCUT2D eigenvalue weighted by atomic mass is 16.5. The van der Waals surface area contributed by atoms with Gasteiger partial charge in [-0.15, -0.1) is 0 Å². The van der Waals surface area contributed by atoms with Gasteiger partial charge in [0.25, 0.3) is 0 Å². The van der Waals surface area contributed by atoms with Crippen LogP contribution in [0.5, 0.6) is 5.88 Å². The van der Waals surface area contributed by atoms with E-state index in [1.54, 1.807) is 16.9 Å². The molecular formula is C19H26N4O2. The van der Waals surface area contributed by atoms with Crippen molar-refractivity contribution in [2.45, 2.75) is 33.6 Å². The standard InChI is InChI=1S/C19H26N4O2/c1-4-5-11-25-18-12-16(22-19(24)20-13-15(2)3)14-21-23(18)17-9-7-6-8-10-17/h6-10,12,14-15H,4-5,11,13H2,1-3H3,(H,20,24)/b22-16+. The molecule has 2 aromatic rings. The predicted molar refractivity (Wildman–Crippen MR) is 97.8 cm³/mol. The minimum Gasteiger partial charge on any atom is -0.478 e. The number of rotatable bonds is 7. The molecule has 2 rings (SSSR count). The van der Waals surface area contributed by atoms with E-state index in [9.17, 15) is 4.79 Å². The van der Waals surface area contributed by atoms with E-state index in [0.29, 0.717) is 30.3 Å². The van der Waals surface area contributed by atoms with Crippen molar-refractivity contribution >= 4 is 6.03 Å². The van der Waals surface area contributed by atoms with E-state index in [2.05, 4.69) is 22.3 Å². The van der Waals surface area contributed by atoms with Crippen LogP contribution in [0.3, 0.4) is 0 Å². The van der Waals surface area contributed by atoms with Crippen LogP contribution in [0.1, 0.15) is 33.6 Å². The van der Waals surface area contributed by atoms with Crippen LogP contribution in [0.2, 0.25) is 0 Å². The number of unbranched alkanes of at least 4 members (excludes halogenated alkanes) is 1. The molecule has 0 spiro atoms. The summed E-state index contributed by atoms with van der Waals surface area (Å²) in [5, 5.41) is 7.63. The summed E-state index contributed by atoms with van der Waals surface area (Å²) in [5.41, 5.74) is 0.893. The van der Waals surface area contributed by atoms with E-state index in [1.807, 2.05) is 44.2 Å². The first-order valence-electron chi connectivity index (χ1n) is 8.70. The molecule has 0 atom stereocenters. The van der Waals surface area contributed by atoms with Gasteiger partial charge in [0, 0.05) is 12.6 Å². The van der Waals surface area contributed by atoms with Gasteiger partial charge in [-0.3, -0.25) is 0 Å². The Morgan fingerprint density at radius 2 is 2.08 bits per heavy atom. The summed E-state index contributed by atoms with van der Waals surface area (Å²) in [6.45, 7) is 7.36. The largest absolute Gasteiger partial charge is 0.478 e. The van der Waals surface area contributed by atoms with Gasteiger partial charge in [-0.05, 0) is 24.5 Å². The number of para-hydroxylation sites is 1. The first kappa shape index (κ1) is 18.7. The molecule has 2 amide bonds. The molecular weight excluding hydrogens is 316 g/mol. The Morgan fingerprint density at radius 1 is 1.32 bits per heavy atom. The summed E-state index contributed by atoms with van der Waals surface area (Å²) in [6, 6.07) is 11.1. The molecule has 25 heavy (non-hydrogen) atoms. The molecule has 0 unspecified atom stereocenters. The van der Waals surface area contributed by atoms with E-state index in [4.69, 9.17) is 4.74 Å². The maximum atomic E-state index is 11.9. The van der Waals surface area contributed by atoms with E-state index < -0.39 is 0 Å². The number of ether oxygens (including phenoxy) is 1. The molecule has 0 saturated carbocycles. The van der Waals surface area contributed by atoms with Gasteiger partial charge >= 0.3 is 6.03 Å². The molecule has 6 nitrogen and oxygen atoms in total. The number of carbonyl (C=O) groups is 1. The normalized spacial score (nSPS) is 11.6. The SMILES string of the molecule is CCCCOc1c/c(=N\C(=O)NCC(C)C)cnn1-c1ccccc1. The van der Waals surface area contributed by atoms with Crippen molar-refractivity contribution in [3.05, 3.63) is 48.0 Å². The molecule has 1 aromatic heterocycles. The average molecular weight is 342 g/mol. The van der Waals surface area contributed by atoms with Crippen LogP contribution in [0.15, 0.2) is 47.6 Å². The Labute approximate surface area is 148 Å². The number of hydrogen-bond acceptors (Lipinski definition) is 3. The Morgan fingerprint density at radius 3 is 2.76 bits per heavy atom. The number of nitrogens with zero attached hydrogens (tertiary/aromatic N) is 3. The number of benzene rings is 1. The summed E-state index contributed by atoms with van der Waals surface area (Å²) in [6.07, 6.45) is 3.56. The van der Waals surface area contributed by atoms with Crippen LogP contribution >= 0.6 is 0 Å². The number of nitrogens with one attached hydrogen (secondary N) is 1. The maximum absolute atomic E-state index is 11.9. The third-order valence-electron chi connectivity index (χ3n) is 3.43. The number of urea groups is 1. The molecule has 134 valence electrons. The monoisotopic (exact) mass is 342 g/mol. The molecule has 1 N–H and O–H groups in total. The third kappa shape index (κ3) is 6.06. The van der Waals surface area contributed by atoms with Gasteiger partial charge in [-0.1, -0.05) is 45.4 Å². The van der Waals surface area contributed by atoms with Crippen LogP contribution < -0.4 is 15.4 Å². The first-order valence-corrected chi connectivity index (χ1v) is 8.70. The maximum Gasteiger partial charge on any atom is 0.341 e. The number of aromatic nitrogens is 2. The fourth-order valence-corrected chi connectivity index (χ4v) is 2.10. The number of carbonyl (C=O) groups excluding carboxylic acids is 1. The summed E-state index contributed by atoms with van der Waals surface area (Å²) < 4.78 is 7.57. The summed E-state index contributed by atoms with van der Waals surface area (Å²) >= 11 is 0.